The van der Waals surface area contributed by atoms with Gasteiger partial charge in [0.25, 0.3) is 10.0 Å². The Kier molecular flexibility index (Phi) is 6.29. The molecule has 0 aliphatic rings. The predicted octanol–water partition coefficient (Wildman–Crippen LogP) is 5.91. The quantitative estimate of drug-likeness (QED) is 0.354. The summed E-state index contributed by atoms with van der Waals surface area (Å²) in [6, 6.07) is 25.4. The third-order valence-electron chi connectivity index (χ3n) is 5.43. The number of fused-ring (bicyclic) bond motifs is 1. The van der Waals surface area contributed by atoms with E-state index in [0.29, 0.717) is 11.4 Å². The number of carbonyl (C=O) groups excluding carboxylic acids is 1. The molecule has 0 aliphatic heterocycles. The van der Waals surface area contributed by atoms with Gasteiger partial charge in [0.1, 0.15) is 0 Å². The van der Waals surface area contributed by atoms with Crippen molar-refractivity contribution >= 4 is 44.2 Å². The van der Waals surface area contributed by atoms with Crippen LogP contribution in [0.4, 0.5) is 11.4 Å². The van der Waals surface area contributed by atoms with Gasteiger partial charge in [-0.2, -0.15) is 0 Å². The van der Waals surface area contributed by atoms with E-state index in [2.05, 4.69) is 10.0 Å². The molecule has 4 aromatic rings. The molecular weight excluding hydrogens is 432 g/mol. The minimum absolute atomic E-state index is 0.116. The number of anilines is 2. The van der Waals surface area contributed by atoms with Crippen molar-refractivity contribution in [2.45, 2.75) is 18.7 Å². The van der Waals surface area contributed by atoms with E-state index in [1.807, 2.05) is 62.4 Å². The van der Waals surface area contributed by atoms with Crippen LogP contribution in [0.1, 0.15) is 16.7 Å². The number of aryl methyl sites for hydroxylation is 2. The minimum atomic E-state index is -3.73. The molecule has 0 saturated heterocycles. The maximum atomic E-state index is 12.7. The van der Waals surface area contributed by atoms with Crippen LogP contribution in [0, 0.1) is 13.8 Å². The lowest BCUT2D eigenvalue weighted by molar-refractivity contribution is -0.111. The summed E-state index contributed by atoms with van der Waals surface area (Å²) in [4.78, 5) is 12.5. The van der Waals surface area contributed by atoms with Crippen LogP contribution in [-0.4, -0.2) is 14.3 Å². The Morgan fingerprint density at radius 2 is 1.48 bits per heavy atom. The van der Waals surface area contributed by atoms with Crippen LogP contribution in [0.15, 0.2) is 95.9 Å². The minimum Gasteiger partial charge on any atom is -0.323 e. The van der Waals surface area contributed by atoms with E-state index in [9.17, 15) is 13.2 Å². The zero-order valence-corrected chi connectivity index (χ0v) is 19.2. The maximum absolute atomic E-state index is 12.7. The van der Waals surface area contributed by atoms with E-state index >= 15 is 0 Å². The molecule has 0 fully saturated rings. The summed E-state index contributed by atoms with van der Waals surface area (Å²) in [5, 5.41) is 4.93. The van der Waals surface area contributed by atoms with Gasteiger partial charge in [-0.3, -0.25) is 9.52 Å². The standard InChI is InChI=1S/C27H24N2O3S/c1-19-10-12-24(18-20(19)2)29-33(31,32)25-15-13-23(14-16-25)28-27(30)17-11-22-8-5-7-21-6-3-4-9-26(21)22/h3-18,29H,1-2H3,(H,28,30). The average molecular weight is 457 g/mol. The Morgan fingerprint density at radius 3 is 2.24 bits per heavy atom. The second-order valence-corrected chi connectivity index (χ2v) is 9.50. The molecule has 0 bridgehead atoms. The summed E-state index contributed by atoms with van der Waals surface area (Å²) in [5.41, 5.74) is 4.06. The summed E-state index contributed by atoms with van der Waals surface area (Å²) < 4.78 is 28.0. The zero-order chi connectivity index (χ0) is 23.4. The highest BCUT2D eigenvalue weighted by Crippen LogP contribution is 2.21. The fourth-order valence-electron chi connectivity index (χ4n) is 3.48. The van der Waals surface area contributed by atoms with Crippen molar-refractivity contribution in [3.05, 3.63) is 108 Å². The zero-order valence-electron chi connectivity index (χ0n) is 18.4. The van der Waals surface area contributed by atoms with E-state index < -0.39 is 10.0 Å². The highest BCUT2D eigenvalue weighted by atomic mass is 32.2. The molecular formula is C27H24N2O3S. The van der Waals surface area contributed by atoms with Gasteiger partial charge in [-0.15, -0.1) is 0 Å². The van der Waals surface area contributed by atoms with Gasteiger partial charge < -0.3 is 5.32 Å². The average Bonchev–Trinajstić information content (AvgIpc) is 2.80. The van der Waals surface area contributed by atoms with Gasteiger partial charge in [-0.1, -0.05) is 48.5 Å². The van der Waals surface area contributed by atoms with Crippen LogP contribution >= 0.6 is 0 Å². The number of hydrogen-bond donors (Lipinski definition) is 2. The number of amides is 1. The molecule has 0 spiro atoms. The van der Waals surface area contributed by atoms with E-state index in [1.165, 1.54) is 18.2 Å². The van der Waals surface area contributed by atoms with E-state index in [4.69, 9.17) is 0 Å². The Bertz CT molecular complexity index is 1450. The van der Waals surface area contributed by atoms with Crippen LogP contribution in [0.3, 0.4) is 0 Å². The van der Waals surface area contributed by atoms with Crippen molar-refractivity contribution in [1.29, 1.82) is 0 Å². The van der Waals surface area contributed by atoms with Gasteiger partial charge in [0.05, 0.1) is 4.90 Å². The lowest BCUT2D eigenvalue weighted by Crippen LogP contribution is -2.13. The maximum Gasteiger partial charge on any atom is 0.261 e. The largest absolute Gasteiger partial charge is 0.323 e. The Morgan fingerprint density at radius 1 is 0.788 bits per heavy atom. The fourth-order valence-corrected chi connectivity index (χ4v) is 4.53. The Balaban J connectivity index is 1.44. The summed E-state index contributed by atoms with van der Waals surface area (Å²) in [6.07, 6.45) is 3.23. The second-order valence-electron chi connectivity index (χ2n) is 7.82. The van der Waals surface area contributed by atoms with Crippen LogP contribution in [0.25, 0.3) is 16.8 Å². The summed E-state index contributed by atoms with van der Waals surface area (Å²) in [5.74, 6) is -0.299. The molecule has 0 radical (unpaired) electrons. The first-order valence-electron chi connectivity index (χ1n) is 10.5. The smallest absolute Gasteiger partial charge is 0.261 e. The first-order valence-corrected chi connectivity index (χ1v) is 12.0. The molecule has 4 rings (SSSR count). The monoisotopic (exact) mass is 456 g/mol. The summed E-state index contributed by atoms with van der Waals surface area (Å²) in [6.45, 7) is 3.90. The van der Waals surface area contributed by atoms with Gasteiger partial charge in [-0.05, 0) is 83.8 Å². The van der Waals surface area contributed by atoms with Gasteiger partial charge in [0, 0.05) is 17.5 Å². The summed E-state index contributed by atoms with van der Waals surface area (Å²) >= 11 is 0. The van der Waals surface area contributed by atoms with Crippen LogP contribution in [0.5, 0.6) is 0 Å². The number of hydrogen-bond acceptors (Lipinski definition) is 3. The third kappa shape index (κ3) is 5.30. The van der Waals surface area contributed by atoms with Gasteiger partial charge >= 0.3 is 0 Å². The van der Waals surface area contributed by atoms with E-state index in [1.54, 1.807) is 30.3 Å². The van der Waals surface area contributed by atoms with Crippen LogP contribution in [0.2, 0.25) is 0 Å². The normalized spacial score (nSPS) is 11.6. The number of benzene rings is 4. The lowest BCUT2D eigenvalue weighted by atomic mass is 10.0. The fraction of sp³-hybridized carbons (Fsp3) is 0.0741. The predicted molar refractivity (Wildman–Crippen MR) is 135 cm³/mol. The van der Waals surface area contributed by atoms with Gasteiger partial charge in [0.15, 0.2) is 0 Å². The summed E-state index contributed by atoms with van der Waals surface area (Å²) in [7, 11) is -3.73. The molecule has 0 saturated carbocycles. The van der Waals surface area contributed by atoms with Crippen LogP contribution in [-0.2, 0) is 14.8 Å². The number of nitrogens with one attached hydrogen (secondary N) is 2. The van der Waals surface area contributed by atoms with Crippen molar-refractivity contribution in [1.82, 2.24) is 0 Å². The molecule has 6 heteroatoms. The van der Waals surface area contributed by atoms with E-state index in [-0.39, 0.29) is 10.8 Å². The molecule has 33 heavy (non-hydrogen) atoms. The van der Waals surface area contributed by atoms with Crippen molar-refractivity contribution in [2.24, 2.45) is 0 Å². The van der Waals surface area contributed by atoms with E-state index in [0.717, 1.165) is 27.5 Å². The molecule has 0 heterocycles. The van der Waals surface area contributed by atoms with Gasteiger partial charge in [0.2, 0.25) is 5.91 Å². The molecule has 4 aromatic carbocycles. The molecule has 1 amide bonds. The Hall–Kier alpha value is -3.90. The molecule has 0 unspecified atom stereocenters. The molecule has 5 nitrogen and oxygen atoms in total. The molecule has 0 aromatic heterocycles. The van der Waals surface area contributed by atoms with Crippen molar-refractivity contribution in [3.63, 3.8) is 0 Å². The second kappa shape index (κ2) is 9.30. The SMILES string of the molecule is Cc1ccc(NS(=O)(=O)c2ccc(NC(=O)C=Cc3cccc4ccccc34)cc2)cc1C. The van der Waals surface area contributed by atoms with Crippen molar-refractivity contribution in [2.75, 3.05) is 10.0 Å². The lowest BCUT2D eigenvalue weighted by Gasteiger charge is -2.10. The van der Waals surface area contributed by atoms with Crippen LogP contribution < -0.4 is 10.0 Å². The number of rotatable bonds is 6. The topological polar surface area (TPSA) is 75.3 Å². The third-order valence-corrected chi connectivity index (χ3v) is 6.83. The van der Waals surface area contributed by atoms with Crippen molar-refractivity contribution in [3.8, 4) is 0 Å². The Labute approximate surface area is 193 Å². The first-order chi connectivity index (χ1) is 15.8. The molecule has 166 valence electrons. The highest BCUT2D eigenvalue weighted by Gasteiger charge is 2.14. The molecule has 2 N–H and O–H groups in total. The molecule has 0 atom stereocenters. The number of sulfonamides is 1. The molecule has 0 aliphatic carbocycles. The first kappa shape index (κ1) is 22.3. The number of carbonyl (C=O) groups is 1. The van der Waals surface area contributed by atoms with Crippen molar-refractivity contribution < 1.29 is 13.2 Å². The van der Waals surface area contributed by atoms with Gasteiger partial charge in [-0.25, -0.2) is 8.42 Å². The highest BCUT2D eigenvalue weighted by molar-refractivity contribution is 7.92.